The van der Waals surface area contributed by atoms with E-state index in [1.54, 1.807) is 7.11 Å². The van der Waals surface area contributed by atoms with E-state index in [4.69, 9.17) is 4.74 Å². The topological polar surface area (TPSA) is 53.6 Å². The highest BCUT2D eigenvalue weighted by Crippen LogP contribution is 2.13. The van der Waals surface area contributed by atoms with E-state index < -0.39 is 0 Å². The van der Waals surface area contributed by atoms with Crippen LogP contribution in [-0.2, 0) is 9.53 Å². The number of rotatable bonds is 7. The van der Waals surface area contributed by atoms with Gasteiger partial charge in [-0.05, 0) is 33.4 Å². The van der Waals surface area contributed by atoms with Gasteiger partial charge in [0.25, 0.3) is 0 Å². The van der Waals surface area contributed by atoms with Gasteiger partial charge in [-0.3, -0.25) is 4.79 Å². The summed E-state index contributed by atoms with van der Waals surface area (Å²) in [4.78, 5) is 14.0. The molecule has 1 heterocycles. The molecule has 1 amide bonds. The Morgan fingerprint density at radius 3 is 2.94 bits per heavy atom. The number of likely N-dealkylation sites (tertiary alicyclic amines) is 1. The first kappa shape index (κ1) is 15.4. The van der Waals surface area contributed by atoms with Crippen molar-refractivity contribution in [2.24, 2.45) is 0 Å². The Balaban J connectivity index is 2.11. The van der Waals surface area contributed by atoms with Gasteiger partial charge in [0.2, 0.25) is 5.91 Å². The maximum atomic E-state index is 11.6. The lowest BCUT2D eigenvalue weighted by Crippen LogP contribution is -2.46. The number of amides is 1. The Kier molecular flexibility index (Phi) is 7.23. The molecule has 1 aliphatic heterocycles. The summed E-state index contributed by atoms with van der Waals surface area (Å²) < 4.78 is 4.98. The van der Waals surface area contributed by atoms with E-state index in [0.29, 0.717) is 19.2 Å². The van der Waals surface area contributed by atoms with Gasteiger partial charge in [0.05, 0.1) is 13.2 Å². The molecule has 1 rings (SSSR count). The quantitative estimate of drug-likeness (QED) is 0.685. The second-order valence-electron chi connectivity index (χ2n) is 5.19. The highest BCUT2D eigenvalue weighted by molar-refractivity contribution is 5.78. The number of carbonyl (C=O) groups is 1. The van der Waals surface area contributed by atoms with E-state index in [2.05, 4.69) is 22.6 Å². The summed E-state index contributed by atoms with van der Waals surface area (Å²) in [6, 6.07) is 0.643. The minimum atomic E-state index is 0.0398. The van der Waals surface area contributed by atoms with Gasteiger partial charge in [-0.2, -0.15) is 0 Å². The van der Waals surface area contributed by atoms with Crippen LogP contribution < -0.4 is 10.6 Å². The molecule has 1 aliphatic rings. The number of hydrogen-bond acceptors (Lipinski definition) is 4. The lowest BCUT2D eigenvalue weighted by atomic mass is 10.0. The van der Waals surface area contributed by atoms with Crippen molar-refractivity contribution in [3.63, 3.8) is 0 Å². The number of likely N-dealkylation sites (N-methyl/N-ethyl adjacent to an activating group) is 1. The SMILES string of the molecule is COCC(C)NC(=O)CNCC1CCCCN1C. The van der Waals surface area contributed by atoms with Gasteiger partial charge >= 0.3 is 0 Å². The fourth-order valence-electron chi connectivity index (χ4n) is 2.37. The van der Waals surface area contributed by atoms with E-state index in [0.717, 1.165) is 6.54 Å². The molecule has 0 aromatic carbocycles. The molecule has 106 valence electrons. The normalized spacial score (nSPS) is 22.7. The van der Waals surface area contributed by atoms with E-state index in [1.807, 2.05) is 6.92 Å². The molecule has 5 nitrogen and oxygen atoms in total. The molecule has 5 heteroatoms. The summed E-state index contributed by atoms with van der Waals surface area (Å²) in [6.45, 7) is 4.94. The third kappa shape index (κ3) is 5.80. The van der Waals surface area contributed by atoms with Crippen molar-refractivity contribution in [1.82, 2.24) is 15.5 Å². The van der Waals surface area contributed by atoms with Gasteiger partial charge in [0, 0.05) is 25.7 Å². The minimum Gasteiger partial charge on any atom is -0.383 e. The minimum absolute atomic E-state index is 0.0398. The van der Waals surface area contributed by atoms with Gasteiger partial charge in [-0.25, -0.2) is 0 Å². The first-order valence-electron chi connectivity index (χ1n) is 6.82. The predicted molar refractivity (Wildman–Crippen MR) is 72.6 cm³/mol. The van der Waals surface area contributed by atoms with Crippen molar-refractivity contribution < 1.29 is 9.53 Å². The summed E-state index contributed by atoms with van der Waals surface area (Å²) in [5.74, 6) is 0.0398. The lowest BCUT2D eigenvalue weighted by Gasteiger charge is -2.32. The van der Waals surface area contributed by atoms with Crippen LogP contribution in [0.15, 0.2) is 0 Å². The summed E-state index contributed by atoms with van der Waals surface area (Å²) in [5.41, 5.74) is 0. The molecule has 0 bridgehead atoms. The molecule has 0 radical (unpaired) electrons. The number of ether oxygens (including phenoxy) is 1. The number of methoxy groups -OCH3 is 1. The first-order valence-corrected chi connectivity index (χ1v) is 6.82. The Morgan fingerprint density at radius 1 is 1.50 bits per heavy atom. The fourth-order valence-corrected chi connectivity index (χ4v) is 2.37. The highest BCUT2D eigenvalue weighted by Gasteiger charge is 2.18. The van der Waals surface area contributed by atoms with Crippen LogP contribution in [0.2, 0.25) is 0 Å². The molecule has 18 heavy (non-hydrogen) atoms. The van der Waals surface area contributed by atoms with Gasteiger partial charge in [0.15, 0.2) is 0 Å². The van der Waals surface area contributed by atoms with Crippen LogP contribution in [0.3, 0.4) is 0 Å². The molecule has 2 N–H and O–H groups in total. The molecule has 0 aliphatic carbocycles. The van der Waals surface area contributed by atoms with Crippen LogP contribution >= 0.6 is 0 Å². The third-order valence-electron chi connectivity index (χ3n) is 3.41. The van der Waals surface area contributed by atoms with Crippen molar-refractivity contribution in [1.29, 1.82) is 0 Å². The first-order chi connectivity index (χ1) is 8.63. The number of carbonyl (C=O) groups excluding carboxylic acids is 1. The summed E-state index contributed by atoms with van der Waals surface area (Å²) in [5, 5.41) is 6.13. The Morgan fingerprint density at radius 2 is 2.28 bits per heavy atom. The standard InChI is InChI=1S/C13H27N3O2/c1-11(10-18-3)15-13(17)9-14-8-12-6-4-5-7-16(12)2/h11-12,14H,4-10H2,1-3H3,(H,15,17). The average Bonchev–Trinajstić information content (AvgIpc) is 2.31. The van der Waals surface area contributed by atoms with Gasteiger partial charge in [-0.15, -0.1) is 0 Å². The molecular weight excluding hydrogens is 230 g/mol. The Bertz CT molecular complexity index is 248. The van der Waals surface area contributed by atoms with Crippen molar-refractivity contribution in [3.05, 3.63) is 0 Å². The largest absolute Gasteiger partial charge is 0.383 e. The van der Waals surface area contributed by atoms with Crippen LogP contribution in [0.4, 0.5) is 0 Å². The molecule has 0 aromatic rings. The van der Waals surface area contributed by atoms with E-state index in [1.165, 1.54) is 25.8 Å². The number of nitrogens with one attached hydrogen (secondary N) is 2. The maximum Gasteiger partial charge on any atom is 0.234 e. The monoisotopic (exact) mass is 257 g/mol. The van der Waals surface area contributed by atoms with E-state index >= 15 is 0 Å². The van der Waals surface area contributed by atoms with Crippen molar-refractivity contribution in [2.45, 2.75) is 38.3 Å². The molecular formula is C13H27N3O2. The molecule has 2 unspecified atom stereocenters. The lowest BCUT2D eigenvalue weighted by molar-refractivity contribution is -0.121. The smallest absolute Gasteiger partial charge is 0.234 e. The van der Waals surface area contributed by atoms with Crippen LogP contribution in [0, 0.1) is 0 Å². The molecule has 1 fully saturated rings. The van der Waals surface area contributed by atoms with Gasteiger partial charge in [-0.1, -0.05) is 6.42 Å². The van der Waals surface area contributed by atoms with Crippen molar-refractivity contribution >= 4 is 5.91 Å². The molecule has 2 atom stereocenters. The second-order valence-corrected chi connectivity index (χ2v) is 5.19. The third-order valence-corrected chi connectivity index (χ3v) is 3.41. The zero-order chi connectivity index (χ0) is 13.4. The number of hydrogen-bond donors (Lipinski definition) is 2. The average molecular weight is 257 g/mol. The molecule has 0 aromatic heterocycles. The molecule has 1 saturated heterocycles. The zero-order valence-corrected chi connectivity index (χ0v) is 11.9. The fraction of sp³-hybridized carbons (Fsp3) is 0.923. The van der Waals surface area contributed by atoms with Gasteiger partial charge < -0.3 is 20.3 Å². The highest BCUT2D eigenvalue weighted by atomic mass is 16.5. The predicted octanol–water partition coefficient (Wildman–Crippen LogP) is 0.211. The number of piperidine rings is 1. The van der Waals surface area contributed by atoms with Crippen LogP contribution in [0.1, 0.15) is 26.2 Å². The Hall–Kier alpha value is -0.650. The number of nitrogens with zero attached hydrogens (tertiary/aromatic N) is 1. The van der Waals surface area contributed by atoms with Gasteiger partial charge in [0.1, 0.15) is 0 Å². The summed E-state index contributed by atoms with van der Waals surface area (Å²) >= 11 is 0. The second kappa shape index (κ2) is 8.45. The van der Waals surface area contributed by atoms with Crippen LogP contribution in [0.5, 0.6) is 0 Å². The molecule has 0 spiro atoms. The maximum absolute atomic E-state index is 11.6. The van der Waals surface area contributed by atoms with Crippen molar-refractivity contribution in [3.8, 4) is 0 Å². The van der Waals surface area contributed by atoms with Crippen LogP contribution in [-0.4, -0.2) is 63.3 Å². The summed E-state index contributed by atoms with van der Waals surface area (Å²) in [6.07, 6.45) is 3.82. The van der Waals surface area contributed by atoms with E-state index in [-0.39, 0.29) is 11.9 Å². The zero-order valence-electron chi connectivity index (χ0n) is 11.9. The van der Waals surface area contributed by atoms with Crippen molar-refractivity contribution in [2.75, 3.05) is 40.4 Å². The molecule has 0 saturated carbocycles. The Labute approximate surface area is 110 Å². The summed E-state index contributed by atoms with van der Waals surface area (Å²) in [7, 11) is 3.80. The van der Waals surface area contributed by atoms with Crippen LogP contribution in [0.25, 0.3) is 0 Å². The van der Waals surface area contributed by atoms with E-state index in [9.17, 15) is 4.79 Å².